The zero-order valence-electron chi connectivity index (χ0n) is 10.5. The average molecular weight is 245 g/mol. The first-order valence-electron chi connectivity index (χ1n) is 5.77. The molecule has 0 spiro atoms. The molecule has 0 aromatic heterocycles. The number of hydrogen-bond donors (Lipinski definition) is 1. The van der Waals surface area contributed by atoms with E-state index in [4.69, 9.17) is 10.5 Å². The number of benzene rings is 2. The fraction of sp³-hybridized carbons (Fsp3) is 0.200. The minimum Gasteiger partial charge on any atom is -0.496 e. The van der Waals surface area contributed by atoms with E-state index in [1.54, 1.807) is 19.2 Å². The molecule has 0 saturated carbocycles. The van der Waals surface area contributed by atoms with Gasteiger partial charge in [0.1, 0.15) is 11.6 Å². The number of rotatable bonds is 3. The molecule has 2 aromatic carbocycles. The molecule has 2 N–H and O–H groups in total. The second kappa shape index (κ2) is 5.19. The third kappa shape index (κ3) is 2.51. The van der Waals surface area contributed by atoms with E-state index in [9.17, 15) is 4.39 Å². The number of nitrogens with two attached hydrogens (primary N) is 1. The van der Waals surface area contributed by atoms with Gasteiger partial charge in [-0.2, -0.15) is 0 Å². The molecule has 0 amide bonds. The number of aryl methyl sites for hydroxylation is 1. The Balaban J connectivity index is 2.39. The van der Waals surface area contributed by atoms with Crippen LogP contribution in [0.4, 0.5) is 4.39 Å². The van der Waals surface area contributed by atoms with E-state index < -0.39 is 0 Å². The van der Waals surface area contributed by atoms with Crippen LogP contribution in [-0.2, 0) is 0 Å². The first-order valence-corrected chi connectivity index (χ1v) is 5.77. The highest BCUT2D eigenvalue weighted by Gasteiger charge is 2.14. The molecule has 2 nitrogen and oxygen atoms in total. The molecule has 1 atom stereocenters. The van der Waals surface area contributed by atoms with Gasteiger partial charge < -0.3 is 10.5 Å². The molecular formula is C15H16FNO. The molecule has 94 valence electrons. The Labute approximate surface area is 106 Å². The Bertz CT molecular complexity index is 537. The summed E-state index contributed by atoms with van der Waals surface area (Å²) in [6, 6.07) is 11.8. The zero-order valence-corrected chi connectivity index (χ0v) is 10.5. The predicted molar refractivity (Wildman–Crippen MR) is 70.2 cm³/mol. The van der Waals surface area contributed by atoms with Gasteiger partial charge in [0.25, 0.3) is 0 Å². The summed E-state index contributed by atoms with van der Waals surface area (Å²) in [6.45, 7) is 2.00. The van der Waals surface area contributed by atoms with E-state index in [2.05, 4.69) is 0 Å². The third-order valence-electron chi connectivity index (χ3n) is 2.95. The first-order chi connectivity index (χ1) is 8.61. The first kappa shape index (κ1) is 12.6. The van der Waals surface area contributed by atoms with Crippen molar-refractivity contribution < 1.29 is 9.13 Å². The van der Waals surface area contributed by atoms with Crippen LogP contribution in [0, 0.1) is 12.7 Å². The maximum absolute atomic E-state index is 12.9. The molecule has 18 heavy (non-hydrogen) atoms. The van der Waals surface area contributed by atoms with Gasteiger partial charge in [0.05, 0.1) is 13.2 Å². The Morgan fingerprint density at radius 1 is 1.11 bits per heavy atom. The lowest BCUT2D eigenvalue weighted by Crippen LogP contribution is -2.13. The lowest BCUT2D eigenvalue weighted by molar-refractivity contribution is 0.407. The van der Waals surface area contributed by atoms with Gasteiger partial charge in [-0.05, 0) is 36.2 Å². The van der Waals surface area contributed by atoms with Crippen molar-refractivity contribution in [1.29, 1.82) is 0 Å². The van der Waals surface area contributed by atoms with E-state index in [0.29, 0.717) is 0 Å². The van der Waals surface area contributed by atoms with Gasteiger partial charge in [-0.15, -0.1) is 0 Å². The number of halogens is 1. The van der Waals surface area contributed by atoms with Crippen LogP contribution in [0.5, 0.6) is 5.75 Å². The zero-order chi connectivity index (χ0) is 13.1. The van der Waals surface area contributed by atoms with E-state index >= 15 is 0 Å². The maximum Gasteiger partial charge on any atom is 0.124 e. The molecule has 0 heterocycles. The van der Waals surface area contributed by atoms with Crippen molar-refractivity contribution in [2.75, 3.05) is 7.11 Å². The van der Waals surface area contributed by atoms with Crippen LogP contribution in [0.3, 0.4) is 0 Å². The Hall–Kier alpha value is -1.87. The Kier molecular flexibility index (Phi) is 3.63. The summed E-state index contributed by atoms with van der Waals surface area (Å²) in [6.07, 6.45) is 0. The van der Waals surface area contributed by atoms with Crippen molar-refractivity contribution in [1.82, 2.24) is 0 Å². The topological polar surface area (TPSA) is 35.2 Å². The van der Waals surface area contributed by atoms with E-state index in [-0.39, 0.29) is 11.9 Å². The number of hydrogen-bond acceptors (Lipinski definition) is 2. The minimum atomic E-state index is -0.318. The molecule has 0 bridgehead atoms. The standard InChI is InChI=1S/C15H16FNO/c1-10-3-8-13(14(9-10)18-2)15(17)11-4-6-12(16)7-5-11/h3-9,15H,17H2,1-2H3. The maximum atomic E-state index is 12.9. The molecule has 0 saturated heterocycles. The van der Waals surface area contributed by atoms with Gasteiger partial charge in [-0.3, -0.25) is 0 Å². The van der Waals surface area contributed by atoms with Crippen molar-refractivity contribution in [3.63, 3.8) is 0 Å². The summed E-state index contributed by atoms with van der Waals surface area (Å²) in [7, 11) is 1.62. The number of ether oxygens (including phenoxy) is 1. The van der Waals surface area contributed by atoms with Crippen molar-refractivity contribution in [3.05, 3.63) is 65.0 Å². The molecule has 0 aliphatic heterocycles. The third-order valence-corrected chi connectivity index (χ3v) is 2.95. The minimum absolute atomic E-state index is 0.262. The Morgan fingerprint density at radius 3 is 2.39 bits per heavy atom. The van der Waals surface area contributed by atoms with Crippen LogP contribution in [0.15, 0.2) is 42.5 Å². The second-order valence-electron chi connectivity index (χ2n) is 4.27. The van der Waals surface area contributed by atoms with E-state index in [0.717, 1.165) is 22.4 Å². The van der Waals surface area contributed by atoms with Crippen LogP contribution < -0.4 is 10.5 Å². The van der Waals surface area contributed by atoms with Gasteiger partial charge in [0.15, 0.2) is 0 Å². The molecule has 2 aromatic rings. The lowest BCUT2D eigenvalue weighted by Gasteiger charge is -2.16. The SMILES string of the molecule is COc1cc(C)ccc1C(N)c1ccc(F)cc1. The van der Waals surface area contributed by atoms with Crippen LogP contribution >= 0.6 is 0 Å². The average Bonchev–Trinajstić information content (AvgIpc) is 2.38. The largest absolute Gasteiger partial charge is 0.496 e. The molecule has 1 unspecified atom stereocenters. The van der Waals surface area contributed by atoms with Gasteiger partial charge in [-0.1, -0.05) is 24.3 Å². The van der Waals surface area contributed by atoms with Gasteiger partial charge in [0, 0.05) is 5.56 Å². The van der Waals surface area contributed by atoms with Crippen molar-refractivity contribution >= 4 is 0 Å². The summed E-state index contributed by atoms with van der Waals surface area (Å²) in [4.78, 5) is 0. The molecule has 0 fully saturated rings. The number of methoxy groups -OCH3 is 1. The van der Waals surface area contributed by atoms with Crippen molar-refractivity contribution in [2.45, 2.75) is 13.0 Å². The van der Waals surface area contributed by atoms with Crippen molar-refractivity contribution in [3.8, 4) is 5.75 Å². The highest BCUT2D eigenvalue weighted by Crippen LogP contribution is 2.29. The fourth-order valence-corrected chi connectivity index (χ4v) is 1.92. The van der Waals surface area contributed by atoms with Crippen LogP contribution in [0.25, 0.3) is 0 Å². The molecular weight excluding hydrogens is 229 g/mol. The quantitative estimate of drug-likeness (QED) is 0.901. The van der Waals surface area contributed by atoms with E-state index in [1.807, 2.05) is 25.1 Å². The Morgan fingerprint density at radius 2 is 1.78 bits per heavy atom. The van der Waals surface area contributed by atoms with Gasteiger partial charge in [0.2, 0.25) is 0 Å². The van der Waals surface area contributed by atoms with Gasteiger partial charge >= 0.3 is 0 Å². The fourth-order valence-electron chi connectivity index (χ4n) is 1.92. The van der Waals surface area contributed by atoms with Crippen molar-refractivity contribution in [2.24, 2.45) is 5.73 Å². The van der Waals surface area contributed by atoms with Crippen LogP contribution in [0.1, 0.15) is 22.7 Å². The van der Waals surface area contributed by atoms with Crippen LogP contribution in [0.2, 0.25) is 0 Å². The molecule has 3 heteroatoms. The second-order valence-corrected chi connectivity index (χ2v) is 4.27. The summed E-state index contributed by atoms with van der Waals surface area (Å²) in [5.41, 5.74) is 9.06. The summed E-state index contributed by atoms with van der Waals surface area (Å²) < 4.78 is 18.2. The molecule has 2 rings (SSSR count). The highest BCUT2D eigenvalue weighted by molar-refractivity contribution is 5.43. The normalized spacial score (nSPS) is 12.2. The van der Waals surface area contributed by atoms with Crippen LogP contribution in [-0.4, -0.2) is 7.11 Å². The highest BCUT2D eigenvalue weighted by atomic mass is 19.1. The summed E-state index contributed by atoms with van der Waals surface area (Å²) >= 11 is 0. The smallest absolute Gasteiger partial charge is 0.124 e. The lowest BCUT2D eigenvalue weighted by atomic mass is 9.97. The molecule has 0 aliphatic rings. The van der Waals surface area contributed by atoms with E-state index in [1.165, 1.54) is 12.1 Å². The predicted octanol–water partition coefficient (Wildman–Crippen LogP) is 3.19. The molecule has 0 aliphatic carbocycles. The monoisotopic (exact) mass is 245 g/mol. The molecule has 0 radical (unpaired) electrons. The summed E-state index contributed by atoms with van der Waals surface area (Å²) in [5.74, 6) is 0.494. The van der Waals surface area contributed by atoms with Gasteiger partial charge in [-0.25, -0.2) is 4.39 Å². The summed E-state index contributed by atoms with van der Waals surface area (Å²) in [5, 5.41) is 0.